The minimum absolute atomic E-state index is 0.192. The van der Waals surface area contributed by atoms with Crippen LogP contribution in [0.2, 0.25) is 0 Å². The van der Waals surface area contributed by atoms with Crippen LogP contribution in [0.1, 0.15) is 36.8 Å². The first-order valence-electron chi connectivity index (χ1n) is 6.50. The smallest absolute Gasteiger partial charge is 0.175 e. The van der Waals surface area contributed by atoms with Crippen molar-refractivity contribution in [3.05, 3.63) is 21.7 Å². The topological polar surface area (TPSA) is 44.5 Å². The summed E-state index contributed by atoms with van der Waals surface area (Å²) in [6.07, 6.45) is 4.53. The van der Waals surface area contributed by atoms with Crippen LogP contribution in [0.5, 0.6) is 11.5 Å². The zero-order valence-corrected chi connectivity index (χ0v) is 12.2. The lowest BCUT2D eigenvalue weighted by molar-refractivity contribution is 0.169. The maximum absolute atomic E-state index is 6.57. The van der Waals surface area contributed by atoms with Gasteiger partial charge in [0.2, 0.25) is 0 Å². The number of hydrogen-bond donors (Lipinski definition) is 1. The van der Waals surface area contributed by atoms with E-state index < -0.39 is 0 Å². The van der Waals surface area contributed by atoms with Crippen LogP contribution in [0.15, 0.2) is 10.5 Å². The van der Waals surface area contributed by atoms with E-state index in [1.54, 1.807) is 0 Å². The van der Waals surface area contributed by atoms with Gasteiger partial charge >= 0.3 is 0 Å². The molecule has 0 aromatic heterocycles. The van der Waals surface area contributed by atoms with E-state index in [2.05, 4.69) is 28.9 Å². The number of halogens is 1. The van der Waals surface area contributed by atoms with Gasteiger partial charge in [-0.25, -0.2) is 0 Å². The molecule has 0 radical (unpaired) electrons. The number of rotatable bonds is 1. The van der Waals surface area contributed by atoms with E-state index in [0.29, 0.717) is 13.2 Å². The first kappa shape index (κ1) is 12.3. The van der Waals surface area contributed by atoms with Gasteiger partial charge in [0.15, 0.2) is 11.5 Å². The monoisotopic (exact) mass is 311 g/mol. The fourth-order valence-corrected chi connectivity index (χ4v) is 3.55. The van der Waals surface area contributed by atoms with Gasteiger partial charge in [-0.05, 0) is 52.9 Å². The van der Waals surface area contributed by atoms with Crippen LogP contribution in [-0.2, 0) is 5.54 Å². The highest BCUT2D eigenvalue weighted by Gasteiger charge is 2.35. The molecule has 1 aromatic carbocycles. The molecule has 3 rings (SSSR count). The molecule has 1 saturated carbocycles. The van der Waals surface area contributed by atoms with E-state index in [9.17, 15) is 0 Å². The summed E-state index contributed by atoms with van der Waals surface area (Å²) < 4.78 is 12.4. The van der Waals surface area contributed by atoms with Crippen molar-refractivity contribution in [3.8, 4) is 11.5 Å². The summed E-state index contributed by atoms with van der Waals surface area (Å²) in [5.41, 5.74) is 8.76. The molecule has 0 bridgehead atoms. The normalized spacial score (nSPS) is 21.1. The second kappa shape index (κ2) is 4.42. The molecular formula is C14H18BrNO2. The molecular weight excluding hydrogens is 294 g/mol. The summed E-state index contributed by atoms with van der Waals surface area (Å²) in [4.78, 5) is 0. The Labute approximate surface area is 116 Å². The molecule has 2 aliphatic rings. The molecule has 3 nitrogen and oxygen atoms in total. The molecule has 1 aliphatic carbocycles. The van der Waals surface area contributed by atoms with Crippen LogP contribution < -0.4 is 15.2 Å². The zero-order valence-electron chi connectivity index (χ0n) is 10.6. The molecule has 98 valence electrons. The van der Waals surface area contributed by atoms with Gasteiger partial charge < -0.3 is 15.2 Å². The molecule has 1 heterocycles. The Morgan fingerprint density at radius 3 is 2.61 bits per heavy atom. The van der Waals surface area contributed by atoms with Crippen molar-refractivity contribution in [3.63, 3.8) is 0 Å². The van der Waals surface area contributed by atoms with Crippen molar-refractivity contribution in [2.45, 2.75) is 38.1 Å². The molecule has 1 aliphatic heterocycles. The van der Waals surface area contributed by atoms with Crippen molar-refractivity contribution < 1.29 is 9.47 Å². The second-order valence-electron chi connectivity index (χ2n) is 5.25. The van der Waals surface area contributed by atoms with Crippen molar-refractivity contribution in [1.29, 1.82) is 0 Å². The highest BCUT2D eigenvalue weighted by atomic mass is 79.9. The number of hydrogen-bond acceptors (Lipinski definition) is 3. The highest BCUT2D eigenvalue weighted by molar-refractivity contribution is 9.10. The molecule has 2 N–H and O–H groups in total. The predicted octanol–water partition coefficient (Wildman–Crippen LogP) is 3.26. The van der Waals surface area contributed by atoms with Crippen LogP contribution in [0.4, 0.5) is 0 Å². The van der Waals surface area contributed by atoms with E-state index in [4.69, 9.17) is 15.2 Å². The van der Waals surface area contributed by atoms with Crippen LogP contribution in [-0.4, -0.2) is 13.2 Å². The Bertz CT molecular complexity index is 481. The average molecular weight is 312 g/mol. The van der Waals surface area contributed by atoms with Gasteiger partial charge in [0.1, 0.15) is 13.2 Å². The Morgan fingerprint density at radius 2 is 1.89 bits per heavy atom. The predicted molar refractivity (Wildman–Crippen MR) is 74.2 cm³/mol. The average Bonchev–Trinajstić information content (AvgIpc) is 2.82. The second-order valence-corrected chi connectivity index (χ2v) is 6.04. The summed E-state index contributed by atoms with van der Waals surface area (Å²) >= 11 is 3.63. The molecule has 18 heavy (non-hydrogen) atoms. The largest absolute Gasteiger partial charge is 0.486 e. The van der Waals surface area contributed by atoms with Crippen molar-refractivity contribution in [2.24, 2.45) is 5.73 Å². The van der Waals surface area contributed by atoms with E-state index in [-0.39, 0.29) is 5.54 Å². The first-order chi connectivity index (χ1) is 8.62. The number of nitrogens with two attached hydrogens (primary N) is 1. The Kier molecular flexibility index (Phi) is 3.02. The van der Waals surface area contributed by atoms with Gasteiger partial charge in [-0.1, -0.05) is 12.8 Å². The minimum Gasteiger partial charge on any atom is -0.486 e. The lowest BCUT2D eigenvalue weighted by Crippen LogP contribution is -2.34. The van der Waals surface area contributed by atoms with Gasteiger partial charge in [-0.2, -0.15) is 0 Å². The van der Waals surface area contributed by atoms with E-state index in [0.717, 1.165) is 28.8 Å². The minimum atomic E-state index is -0.192. The van der Waals surface area contributed by atoms with Crippen LogP contribution >= 0.6 is 15.9 Å². The first-order valence-corrected chi connectivity index (χ1v) is 7.29. The Morgan fingerprint density at radius 1 is 1.22 bits per heavy atom. The summed E-state index contributed by atoms with van der Waals surface area (Å²) in [5.74, 6) is 1.65. The Hall–Kier alpha value is -0.740. The van der Waals surface area contributed by atoms with Gasteiger partial charge in [0.05, 0.1) is 4.47 Å². The molecule has 0 atom stereocenters. The third-order valence-electron chi connectivity index (χ3n) is 4.05. The van der Waals surface area contributed by atoms with E-state index >= 15 is 0 Å². The molecule has 0 spiro atoms. The van der Waals surface area contributed by atoms with Crippen molar-refractivity contribution in [1.82, 2.24) is 0 Å². The molecule has 1 fully saturated rings. The standard InChI is InChI=1S/C14H18BrNO2/c1-9-10(14(16)4-2-3-5-14)8-11-13(12(9)15)18-7-6-17-11/h8H,2-7,16H2,1H3. The lowest BCUT2D eigenvalue weighted by Gasteiger charge is -2.30. The van der Waals surface area contributed by atoms with Gasteiger partial charge in [0, 0.05) is 5.54 Å². The van der Waals surface area contributed by atoms with Crippen LogP contribution in [0.3, 0.4) is 0 Å². The van der Waals surface area contributed by atoms with Crippen LogP contribution in [0.25, 0.3) is 0 Å². The number of fused-ring (bicyclic) bond motifs is 1. The third-order valence-corrected chi connectivity index (χ3v) is 5.01. The van der Waals surface area contributed by atoms with E-state index in [1.165, 1.54) is 24.0 Å². The molecule has 0 unspecified atom stereocenters. The number of benzene rings is 1. The molecule has 0 saturated heterocycles. The highest BCUT2D eigenvalue weighted by Crippen LogP contribution is 2.47. The third kappa shape index (κ3) is 1.82. The van der Waals surface area contributed by atoms with Crippen molar-refractivity contribution in [2.75, 3.05) is 13.2 Å². The zero-order chi connectivity index (χ0) is 12.8. The fraction of sp³-hybridized carbons (Fsp3) is 0.571. The molecule has 1 aromatic rings. The molecule has 4 heteroatoms. The van der Waals surface area contributed by atoms with Crippen molar-refractivity contribution >= 4 is 15.9 Å². The summed E-state index contributed by atoms with van der Waals surface area (Å²) in [7, 11) is 0. The maximum Gasteiger partial charge on any atom is 0.175 e. The van der Waals surface area contributed by atoms with Gasteiger partial charge in [0.25, 0.3) is 0 Å². The SMILES string of the molecule is Cc1c(C2(N)CCCC2)cc2c(c1Br)OCCO2. The summed E-state index contributed by atoms with van der Waals surface area (Å²) in [6, 6.07) is 2.08. The quantitative estimate of drug-likeness (QED) is 0.866. The van der Waals surface area contributed by atoms with Gasteiger partial charge in [-0.3, -0.25) is 0 Å². The number of ether oxygens (including phenoxy) is 2. The van der Waals surface area contributed by atoms with Crippen LogP contribution in [0, 0.1) is 6.92 Å². The summed E-state index contributed by atoms with van der Waals surface area (Å²) in [6.45, 7) is 3.32. The Balaban J connectivity index is 2.13. The fourth-order valence-electron chi connectivity index (χ4n) is 3.03. The van der Waals surface area contributed by atoms with Gasteiger partial charge in [-0.15, -0.1) is 0 Å². The van der Waals surface area contributed by atoms with E-state index in [1.807, 2.05) is 0 Å². The maximum atomic E-state index is 6.57. The molecule has 0 amide bonds. The lowest BCUT2D eigenvalue weighted by atomic mass is 9.86. The summed E-state index contributed by atoms with van der Waals surface area (Å²) in [5, 5.41) is 0.